The Hall–Kier alpha value is -0.710. The van der Waals surface area contributed by atoms with E-state index in [9.17, 15) is 9.59 Å². The number of rotatable bonds is 5. The molecular formula is C18H32N2O2S. The molecule has 4 nitrogen and oxygen atoms in total. The van der Waals surface area contributed by atoms with Gasteiger partial charge < -0.3 is 9.80 Å². The zero-order chi connectivity index (χ0) is 17.0. The van der Waals surface area contributed by atoms with E-state index in [4.69, 9.17) is 0 Å². The van der Waals surface area contributed by atoms with Crippen LogP contribution in [-0.4, -0.2) is 58.8 Å². The SMILES string of the molecule is CCS[C@@H]1CC[C@@H](N(C)C(=O)C2CCN(C(=O)C(C)C)CC2)C1. The van der Waals surface area contributed by atoms with E-state index < -0.39 is 0 Å². The summed E-state index contributed by atoms with van der Waals surface area (Å²) in [5, 5.41) is 0.728. The summed E-state index contributed by atoms with van der Waals surface area (Å²) in [4.78, 5) is 28.8. The van der Waals surface area contributed by atoms with Gasteiger partial charge in [-0.15, -0.1) is 0 Å². The molecule has 5 heteroatoms. The second-order valence-corrected chi connectivity index (χ2v) is 8.82. The summed E-state index contributed by atoms with van der Waals surface area (Å²) < 4.78 is 0. The molecule has 0 radical (unpaired) electrons. The second kappa shape index (κ2) is 8.41. The number of likely N-dealkylation sites (tertiary alicyclic amines) is 1. The lowest BCUT2D eigenvalue weighted by molar-refractivity contribution is -0.142. The Balaban J connectivity index is 1.81. The molecule has 0 aromatic heterocycles. The van der Waals surface area contributed by atoms with Crippen LogP contribution in [-0.2, 0) is 9.59 Å². The van der Waals surface area contributed by atoms with Crippen molar-refractivity contribution < 1.29 is 9.59 Å². The minimum absolute atomic E-state index is 0.0522. The Kier molecular flexibility index (Phi) is 6.81. The minimum atomic E-state index is 0.0522. The smallest absolute Gasteiger partial charge is 0.225 e. The average molecular weight is 341 g/mol. The van der Waals surface area contributed by atoms with E-state index in [0.717, 1.165) is 49.8 Å². The summed E-state index contributed by atoms with van der Waals surface area (Å²) in [7, 11) is 1.98. The van der Waals surface area contributed by atoms with E-state index in [-0.39, 0.29) is 17.7 Å². The zero-order valence-electron chi connectivity index (χ0n) is 15.1. The van der Waals surface area contributed by atoms with Crippen molar-refractivity contribution in [1.29, 1.82) is 0 Å². The van der Waals surface area contributed by atoms with Gasteiger partial charge in [-0.2, -0.15) is 11.8 Å². The molecule has 0 spiro atoms. The standard InChI is InChI=1S/C18H32N2O2S/c1-5-23-16-7-6-15(12-16)19(4)18(22)14-8-10-20(11-9-14)17(21)13(2)3/h13-16H,5-12H2,1-4H3/t15-,16-/m1/s1. The summed E-state index contributed by atoms with van der Waals surface area (Å²) in [6, 6.07) is 0.418. The van der Waals surface area contributed by atoms with Crippen LogP contribution in [0.5, 0.6) is 0 Å². The fourth-order valence-electron chi connectivity index (χ4n) is 3.84. The quantitative estimate of drug-likeness (QED) is 0.772. The van der Waals surface area contributed by atoms with Crippen LogP contribution in [0.2, 0.25) is 0 Å². The lowest BCUT2D eigenvalue weighted by Crippen LogP contribution is -2.46. The number of carbonyl (C=O) groups excluding carboxylic acids is 2. The monoisotopic (exact) mass is 340 g/mol. The largest absolute Gasteiger partial charge is 0.342 e. The topological polar surface area (TPSA) is 40.6 Å². The second-order valence-electron chi connectivity index (χ2n) is 7.25. The van der Waals surface area contributed by atoms with Crippen molar-refractivity contribution in [3.63, 3.8) is 0 Å². The van der Waals surface area contributed by atoms with Gasteiger partial charge in [-0.25, -0.2) is 0 Å². The average Bonchev–Trinajstić information content (AvgIpc) is 3.02. The summed E-state index contributed by atoms with van der Waals surface area (Å²) >= 11 is 2.03. The van der Waals surface area contributed by atoms with Crippen LogP contribution in [0.25, 0.3) is 0 Å². The minimum Gasteiger partial charge on any atom is -0.342 e. The fraction of sp³-hybridized carbons (Fsp3) is 0.889. The molecule has 2 amide bonds. The molecule has 2 rings (SSSR count). The molecule has 2 fully saturated rings. The van der Waals surface area contributed by atoms with E-state index in [1.807, 2.05) is 42.5 Å². The molecule has 1 aliphatic heterocycles. The molecular weight excluding hydrogens is 308 g/mol. The molecule has 1 saturated heterocycles. The maximum Gasteiger partial charge on any atom is 0.225 e. The molecule has 0 N–H and O–H groups in total. The molecule has 0 aromatic carbocycles. The molecule has 1 heterocycles. The Bertz CT molecular complexity index is 419. The highest BCUT2D eigenvalue weighted by atomic mass is 32.2. The van der Waals surface area contributed by atoms with Gasteiger partial charge in [-0.1, -0.05) is 20.8 Å². The van der Waals surface area contributed by atoms with Gasteiger partial charge in [0.2, 0.25) is 11.8 Å². The fourth-order valence-corrected chi connectivity index (χ4v) is 4.97. The van der Waals surface area contributed by atoms with Crippen molar-refractivity contribution in [3.8, 4) is 0 Å². The maximum atomic E-state index is 12.8. The number of carbonyl (C=O) groups is 2. The van der Waals surface area contributed by atoms with E-state index in [1.165, 1.54) is 6.42 Å². The van der Waals surface area contributed by atoms with Crippen molar-refractivity contribution in [2.24, 2.45) is 11.8 Å². The van der Waals surface area contributed by atoms with Crippen molar-refractivity contribution in [2.45, 2.75) is 64.2 Å². The highest BCUT2D eigenvalue weighted by Crippen LogP contribution is 2.33. The Labute approximate surface area is 145 Å². The molecule has 0 aromatic rings. The molecule has 2 atom stereocenters. The number of amides is 2. The van der Waals surface area contributed by atoms with Crippen LogP contribution in [0.1, 0.15) is 52.9 Å². The van der Waals surface area contributed by atoms with Crippen LogP contribution < -0.4 is 0 Å². The first-order valence-electron chi connectivity index (χ1n) is 9.11. The zero-order valence-corrected chi connectivity index (χ0v) is 15.9. The van der Waals surface area contributed by atoms with Gasteiger partial charge in [-0.3, -0.25) is 9.59 Å². The first kappa shape index (κ1) is 18.6. The molecule has 1 aliphatic carbocycles. The Morgan fingerprint density at radius 3 is 2.39 bits per heavy atom. The van der Waals surface area contributed by atoms with E-state index in [1.54, 1.807) is 0 Å². The highest BCUT2D eigenvalue weighted by Gasteiger charge is 2.34. The summed E-state index contributed by atoms with van der Waals surface area (Å²) in [5.74, 6) is 1.84. The van der Waals surface area contributed by atoms with Crippen molar-refractivity contribution in [2.75, 3.05) is 25.9 Å². The van der Waals surface area contributed by atoms with Crippen molar-refractivity contribution in [3.05, 3.63) is 0 Å². The van der Waals surface area contributed by atoms with Crippen LogP contribution >= 0.6 is 11.8 Å². The van der Waals surface area contributed by atoms with E-state index in [2.05, 4.69) is 6.92 Å². The molecule has 1 saturated carbocycles. The van der Waals surface area contributed by atoms with Crippen LogP contribution in [0.15, 0.2) is 0 Å². The number of hydrogen-bond donors (Lipinski definition) is 0. The first-order valence-corrected chi connectivity index (χ1v) is 10.2. The predicted octanol–water partition coefficient (Wildman–Crippen LogP) is 3.01. The van der Waals surface area contributed by atoms with Crippen LogP contribution in [0.4, 0.5) is 0 Å². The Morgan fingerprint density at radius 2 is 1.83 bits per heavy atom. The summed E-state index contributed by atoms with van der Waals surface area (Å²) in [6.45, 7) is 7.57. The van der Waals surface area contributed by atoms with Crippen LogP contribution in [0, 0.1) is 11.8 Å². The Morgan fingerprint density at radius 1 is 1.17 bits per heavy atom. The molecule has 23 heavy (non-hydrogen) atoms. The normalized spacial score (nSPS) is 25.9. The van der Waals surface area contributed by atoms with Gasteiger partial charge in [0.25, 0.3) is 0 Å². The molecule has 0 unspecified atom stereocenters. The molecule has 132 valence electrons. The van der Waals surface area contributed by atoms with E-state index >= 15 is 0 Å². The third-order valence-electron chi connectivity index (χ3n) is 5.30. The van der Waals surface area contributed by atoms with Gasteiger partial charge in [0.05, 0.1) is 0 Å². The number of hydrogen-bond acceptors (Lipinski definition) is 3. The maximum absolute atomic E-state index is 12.8. The molecule has 0 bridgehead atoms. The molecule has 2 aliphatic rings. The lowest BCUT2D eigenvalue weighted by Gasteiger charge is -2.35. The van der Waals surface area contributed by atoms with Gasteiger partial charge in [-0.05, 0) is 37.9 Å². The summed E-state index contributed by atoms with van der Waals surface area (Å²) in [6.07, 6.45) is 5.17. The van der Waals surface area contributed by atoms with Crippen molar-refractivity contribution >= 4 is 23.6 Å². The predicted molar refractivity (Wildman–Crippen MR) is 96.5 cm³/mol. The number of nitrogens with zero attached hydrogens (tertiary/aromatic N) is 2. The third kappa shape index (κ3) is 4.65. The third-order valence-corrected chi connectivity index (χ3v) is 6.54. The summed E-state index contributed by atoms with van der Waals surface area (Å²) in [5.41, 5.74) is 0. The van der Waals surface area contributed by atoms with Gasteiger partial charge >= 0.3 is 0 Å². The van der Waals surface area contributed by atoms with Gasteiger partial charge in [0, 0.05) is 43.3 Å². The number of thioether (sulfide) groups is 1. The number of piperidine rings is 1. The van der Waals surface area contributed by atoms with Crippen molar-refractivity contribution in [1.82, 2.24) is 9.80 Å². The van der Waals surface area contributed by atoms with Crippen LogP contribution in [0.3, 0.4) is 0 Å². The lowest BCUT2D eigenvalue weighted by atomic mass is 9.94. The van der Waals surface area contributed by atoms with E-state index in [0.29, 0.717) is 11.9 Å². The highest BCUT2D eigenvalue weighted by molar-refractivity contribution is 7.99. The van der Waals surface area contributed by atoms with Gasteiger partial charge in [0.1, 0.15) is 0 Å². The van der Waals surface area contributed by atoms with Gasteiger partial charge in [0.15, 0.2) is 0 Å². The first-order chi connectivity index (χ1) is 10.9.